The molecule has 0 fully saturated rings. The van der Waals surface area contributed by atoms with E-state index in [1.807, 2.05) is 13.1 Å². The first-order chi connectivity index (χ1) is 8.16. The molecule has 0 radical (unpaired) electrons. The Morgan fingerprint density at radius 3 is 2.76 bits per heavy atom. The van der Waals surface area contributed by atoms with Crippen LogP contribution in [0.2, 0.25) is 0 Å². The molecule has 0 saturated carbocycles. The Balaban J connectivity index is 2.65. The van der Waals surface area contributed by atoms with Crippen LogP contribution in [0.1, 0.15) is 52.1 Å². The Morgan fingerprint density at radius 1 is 1.41 bits per heavy atom. The predicted octanol–water partition coefficient (Wildman–Crippen LogP) is 2.57. The van der Waals surface area contributed by atoms with Crippen LogP contribution in [0.4, 0.5) is 0 Å². The first-order valence-corrected chi connectivity index (χ1v) is 6.55. The zero-order valence-corrected chi connectivity index (χ0v) is 11.5. The van der Waals surface area contributed by atoms with Crippen molar-refractivity contribution in [2.75, 3.05) is 13.2 Å². The number of rotatable bonds is 8. The van der Waals surface area contributed by atoms with E-state index in [0.717, 1.165) is 37.4 Å². The third-order valence-corrected chi connectivity index (χ3v) is 3.01. The van der Waals surface area contributed by atoms with E-state index in [4.69, 9.17) is 4.74 Å². The molecule has 0 aliphatic carbocycles. The molecule has 1 heterocycles. The van der Waals surface area contributed by atoms with Gasteiger partial charge in [0, 0.05) is 25.0 Å². The van der Waals surface area contributed by atoms with E-state index >= 15 is 0 Å². The van der Waals surface area contributed by atoms with Crippen molar-refractivity contribution in [3.63, 3.8) is 0 Å². The first-order valence-electron chi connectivity index (χ1n) is 6.55. The topological polar surface area (TPSA) is 49.9 Å². The van der Waals surface area contributed by atoms with Gasteiger partial charge < -0.3 is 15.0 Å². The van der Waals surface area contributed by atoms with E-state index in [1.165, 1.54) is 0 Å². The molecule has 4 nitrogen and oxygen atoms in total. The summed E-state index contributed by atoms with van der Waals surface area (Å²) in [6.07, 6.45) is 3.95. The molecule has 17 heavy (non-hydrogen) atoms. The molecule has 2 N–H and O–H groups in total. The molecule has 0 aliphatic heterocycles. The van der Waals surface area contributed by atoms with E-state index in [0.29, 0.717) is 6.61 Å². The molecule has 4 heteroatoms. The van der Waals surface area contributed by atoms with Crippen molar-refractivity contribution in [3.8, 4) is 0 Å². The molecule has 0 aliphatic rings. The Hall–Kier alpha value is -0.870. The maximum absolute atomic E-state index is 5.79. The third-order valence-electron chi connectivity index (χ3n) is 3.01. The van der Waals surface area contributed by atoms with Gasteiger partial charge in [0.05, 0.1) is 0 Å². The molecule has 1 aromatic rings. The van der Waals surface area contributed by atoms with Gasteiger partial charge in [0.1, 0.15) is 11.4 Å². The van der Waals surface area contributed by atoms with Gasteiger partial charge in [0.2, 0.25) is 0 Å². The Morgan fingerprint density at radius 2 is 2.18 bits per heavy atom. The van der Waals surface area contributed by atoms with Crippen LogP contribution in [-0.2, 0) is 16.9 Å². The van der Waals surface area contributed by atoms with Crippen LogP contribution in [0, 0.1) is 0 Å². The van der Waals surface area contributed by atoms with Gasteiger partial charge in [-0.2, -0.15) is 0 Å². The second kappa shape index (κ2) is 6.77. The van der Waals surface area contributed by atoms with Gasteiger partial charge in [-0.1, -0.05) is 13.8 Å². The van der Waals surface area contributed by atoms with E-state index in [9.17, 15) is 0 Å². The monoisotopic (exact) mass is 239 g/mol. The summed E-state index contributed by atoms with van der Waals surface area (Å²) in [5.41, 5.74) is 0.824. The number of aromatic amines is 1. The van der Waals surface area contributed by atoms with Gasteiger partial charge >= 0.3 is 0 Å². The summed E-state index contributed by atoms with van der Waals surface area (Å²) in [5, 5.41) is 3.35. The second-order valence-electron chi connectivity index (χ2n) is 4.45. The van der Waals surface area contributed by atoms with E-state index in [1.54, 1.807) is 0 Å². The minimum atomic E-state index is -0.294. The quantitative estimate of drug-likeness (QED) is 0.685. The number of imidazole rings is 1. The molecule has 0 saturated heterocycles. The largest absolute Gasteiger partial charge is 0.368 e. The fourth-order valence-electron chi connectivity index (χ4n) is 1.77. The van der Waals surface area contributed by atoms with Crippen LogP contribution in [0.3, 0.4) is 0 Å². The van der Waals surface area contributed by atoms with Gasteiger partial charge in [0.25, 0.3) is 0 Å². The highest BCUT2D eigenvalue weighted by molar-refractivity contribution is 5.07. The van der Waals surface area contributed by atoms with E-state index in [-0.39, 0.29) is 5.60 Å². The molecule has 0 bridgehead atoms. The second-order valence-corrected chi connectivity index (χ2v) is 4.45. The van der Waals surface area contributed by atoms with Gasteiger partial charge in [-0.3, -0.25) is 0 Å². The van der Waals surface area contributed by atoms with Gasteiger partial charge in [-0.15, -0.1) is 0 Å². The Bertz CT molecular complexity index is 324. The smallest absolute Gasteiger partial charge is 0.138 e. The predicted molar refractivity (Wildman–Crippen MR) is 69.9 cm³/mol. The number of nitrogens with one attached hydrogen (secondary N) is 2. The SMILES string of the molecule is CCCNCc1cnc(C(C)(CC)OCC)[nH]1. The summed E-state index contributed by atoms with van der Waals surface area (Å²) in [6, 6.07) is 0. The van der Waals surface area contributed by atoms with Crippen LogP contribution in [0.25, 0.3) is 0 Å². The lowest BCUT2D eigenvalue weighted by molar-refractivity contribution is -0.0385. The summed E-state index contributed by atoms with van der Waals surface area (Å²) in [7, 11) is 0. The molecule has 1 aromatic heterocycles. The van der Waals surface area contributed by atoms with Crippen molar-refractivity contribution in [2.24, 2.45) is 0 Å². The lowest BCUT2D eigenvalue weighted by Gasteiger charge is -2.25. The minimum Gasteiger partial charge on any atom is -0.368 e. The first kappa shape index (κ1) is 14.2. The van der Waals surface area contributed by atoms with Crippen LogP contribution in [-0.4, -0.2) is 23.1 Å². The Labute approximate surface area is 104 Å². The highest BCUT2D eigenvalue weighted by atomic mass is 16.5. The van der Waals surface area contributed by atoms with Crippen molar-refractivity contribution in [3.05, 3.63) is 17.7 Å². The number of ether oxygens (including phenoxy) is 1. The third kappa shape index (κ3) is 3.82. The highest BCUT2D eigenvalue weighted by Gasteiger charge is 2.28. The number of nitrogens with zero attached hydrogens (tertiary/aromatic N) is 1. The van der Waals surface area contributed by atoms with Crippen LogP contribution < -0.4 is 5.32 Å². The fourth-order valence-corrected chi connectivity index (χ4v) is 1.77. The summed E-state index contributed by atoms with van der Waals surface area (Å²) in [6.45, 7) is 11.0. The highest BCUT2D eigenvalue weighted by Crippen LogP contribution is 2.26. The van der Waals surface area contributed by atoms with E-state index in [2.05, 4.69) is 36.1 Å². The van der Waals surface area contributed by atoms with Crippen molar-refractivity contribution in [2.45, 2.75) is 52.7 Å². The molecular formula is C13H25N3O. The molecule has 1 unspecified atom stereocenters. The zero-order chi connectivity index (χ0) is 12.7. The van der Waals surface area contributed by atoms with Crippen molar-refractivity contribution in [1.82, 2.24) is 15.3 Å². The summed E-state index contributed by atoms with van der Waals surface area (Å²) >= 11 is 0. The number of H-pyrrole nitrogens is 1. The maximum atomic E-state index is 5.79. The van der Waals surface area contributed by atoms with Crippen molar-refractivity contribution in [1.29, 1.82) is 0 Å². The van der Waals surface area contributed by atoms with Crippen LogP contribution in [0.15, 0.2) is 6.20 Å². The summed E-state index contributed by atoms with van der Waals surface area (Å²) in [5.74, 6) is 0.926. The van der Waals surface area contributed by atoms with Gasteiger partial charge in [0.15, 0.2) is 0 Å². The standard InChI is InChI=1S/C13H25N3O/c1-5-8-14-9-11-10-15-12(16-11)13(4,6-2)17-7-3/h10,14H,5-9H2,1-4H3,(H,15,16). The molecule has 0 amide bonds. The Kier molecular flexibility index (Phi) is 5.65. The molecular weight excluding hydrogens is 214 g/mol. The zero-order valence-electron chi connectivity index (χ0n) is 11.5. The average molecular weight is 239 g/mol. The number of aromatic nitrogens is 2. The normalized spacial score (nSPS) is 14.8. The number of hydrogen-bond donors (Lipinski definition) is 2. The fraction of sp³-hybridized carbons (Fsp3) is 0.769. The lowest BCUT2D eigenvalue weighted by Crippen LogP contribution is -2.26. The van der Waals surface area contributed by atoms with Crippen molar-refractivity contribution >= 4 is 0 Å². The molecule has 0 spiro atoms. The molecule has 1 rings (SSSR count). The molecule has 98 valence electrons. The maximum Gasteiger partial charge on any atom is 0.138 e. The van der Waals surface area contributed by atoms with Crippen LogP contribution in [0.5, 0.6) is 0 Å². The molecule has 1 atom stereocenters. The summed E-state index contributed by atoms with van der Waals surface area (Å²) < 4.78 is 5.79. The van der Waals surface area contributed by atoms with Gasteiger partial charge in [-0.05, 0) is 33.2 Å². The average Bonchev–Trinajstić information content (AvgIpc) is 2.79. The minimum absolute atomic E-state index is 0.294. The lowest BCUT2D eigenvalue weighted by atomic mass is 10.0. The number of hydrogen-bond acceptors (Lipinski definition) is 3. The molecule has 0 aromatic carbocycles. The van der Waals surface area contributed by atoms with Gasteiger partial charge in [-0.25, -0.2) is 4.98 Å². The van der Waals surface area contributed by atoms with E-state index < -0.39 is 0 Å². The van der Waals surface area contributed by atoms with Crippen LogP contribution >= 0.6 is 0 Å². The summed E-state index contributed by atoms with van der Waals surface area (Å²) in [4.78, 5) is 7.79. The van der Waals surface area contributed by atoms with Crippen molar-refractivity contribution < 1.29 is 4.74 Å².